The molecule has 3 rings (SSSR count). The minimum absolute atomic E-state index is 0.336. The molecule has 1 nitrogen and oxygen atoms in total. The zero-order valence-electron chi connectivity index (χ0n) is 10.9. The number of hydrogen-bond donors (Lipinski definition) is 1. The van der Waals surface area contributed by atoms with E-state index in [0.717, 1.165) is 12.0 Å². The summed E-state index contributed by atoms with van der Waals surface area (Å²) in [6, 6.07) is 16.7. The van der Waals surface area contributed by atoms with Gasteiger partial charge >= 0.3 is 0 Å². The molecular formula is C17H17IO. The van der Waals surface area contributed by atoms with E-state index in [0.29, 0.717) is 11.8 Å². The van der Waals surface area contributed by atoms with Crippen molar-refractivity contribution in [3.8, 4) is 0 Å². The summed E-state index contributed by atoms with van der Waals surface area (Å²) in [6.07, 6.45) is 0.756. The molecule has 3 unspecified atom stereocenters. The van der Waals surface area contributed by atoms with E-state index < -0.39 is 0 Å². The van der Waals surface area contributed by atoms with Crippen LogP contribution in [0.15, 0.2) is 48.5 Å². The van der Waals surface area contributed by atoms with Gasteiger partial charge in [-0.25, -0.2) is 0 Å². The summed E-state index contributed by atoms with van der Waals surface area (Å²) < 4.78 is 1.20. The summed E-state index contributed by atoms with van der Waals surface area (Å²) in [7, 11) is 0. The van der Waals surface area contributed by atoms with Crippen molar-refractivity contribution in [1.29, 1.82) is 0 Å². The lowest BCUT2D eigenvalue weighted by molar-refractivity contribution is 0.150. The van der Waals surface area contributed by atoms with Crippen LogP contribution in [0.25, 0.3) is 0 Å². The van der Waals surface area contributed by atoms with Gasteiger partial charge in [0.15, 0.2) is 0 Å². The average Bonchev–Trinajstić information content (AvgIpc) is 3.22. The van der Waals surface area contributed by atoms with Gasteiger partial charge in [0.05, 0.1) is 6.10 Å². The van der Waals surface area contributed by atoms with Gasteiger partial charge in [-0.15, -0.1) is 0 Å². The third-order valence-corrected chi connectivity index (χ3v) is 5.49. The van der Waals surface area contributed by atoms with Crippen LogP contribution in [0, 0.1) is 16.4 Å². The van der Waals surface area contributed by atoms with Gasteiger partial charge in [-0.1, -0.05) is 48.5 Å². The molecule has 0 aliphatic heterocycles. The molecule has 19 heavy (non-hydrogen) atoms. The molecule has 1 fully saturated rings. The van der Waals surface area contributed by atoms with Gasteiger partial charge in [0.25, 0.3) is 0 Å². The van der Waals surface area contributed by atoms with Crippen molar-refractivity contribution in [1.82, 2.24) is 0 Å². The highest BCUT2D eigenvalue weighted by Gasteiger charge is 2.44. The number of benzene rings is 2. The standard InChI is InChI=1S/C17H17IO/c1-11-6-5-9-13(16(11)18)17(19)15-10-14(15)12-7-3-2-4-8-12/h2-9,14-15,17,19H,10H2,1H3. The fourth-order valence-electron chi connectivity index (χ4n) is 2.78. The molecule has 0 saturated heterocycles. The second kappa shape index (κ2) is 5.25. The van der Waals surface area contributed by atoms with E-state index in [9.17, 15) is 5.11 Å². The summed E-state index contributed by atoms with van der Waals surface area (Å²) in [4.78, 5) is 0. The maximum Gasteiger partial charge on any atom is 0.0834 e. The van der Waals surface area contributed by atoms with Crippen LogP contribution < -0.4 is 0 Å². The molecule has 1 saturated carbocycles. The van der Waals surface area contributed by atoms with Crippen molar-refractivity contribution < 1.29 is 5.11 Å². The third-order valence-electron chi connectivity index (χ3n) is 4.01. The molecule has 1 N–H and O–H groups in total. The first-order chi connectivity index (χ1) is 9.18. The number of hydrogen-bond acceptors (Lipinski definition) is 1. The fourth-order valence-corrected chi connectivity index (χ4v) is 3.45. The minimum atomic E-state index is -0.336. The molecule has 0 heterocycles. The van der Waals surface area contributed by atoms with E-state index in [1.165, 1.54) is 14.7 Å². The van der Waals surface area contributed by atoms with Gasteiger partial charge in [0.2, 0.25) is 0 Å². The van der Waals surface area contributed by atoms with Crippen LogP contribution in [0.1, 0.15) is 35.1 Å². The lowest BCUT2D eigenvalue weighted by Crippen LogP contribution is -2.04. The SMILES string of the molecule is Cc1cccc(C(O)C2CC2c2ccccc2)c1I. The molecule has 0 radical (unpaired) electrons. The smallest absolute Gasteiger partial charge is 0.0834 e. The van der Waals surface area contributed by atoms with E-state index in [-0.39, 0.29) is 6.10 Å². The van der Waals surface area contributed by atoms with Crippen LogP contribution in [0.3, 0.4) is 0 Å². The number of aliphatic hydroxyl groups excluding tert-OH is 1. The van der Waals surface area contributed by atoms with Crippen LogP contribution in [-0.4, -0.2) is 5.11 Å². The first kappa shape index (κ1) is 13.1. The first-order valence-corrected chi connectivity index (χ1v) is 7.74. The van der Waals surface area contributed by atoms with Crippen LogP contribution in [0.2, 0.25) is 0 Å². The molecule has 0 bridgehead atoms. The quantitative estimate of drug-likeness (QED) is 0.799. The monoisotopic (exact) mass is 364 g/mol. The summed E-state index contributed by atoms with van der Waals surface area (Å²) in [6.45, 7) is 2.10. The van der Waals surface area contributed by atoms with E-state index in [4.69, 9.17) is 0 Å². The van der Waals surface area contributed by atoms with E-state index in [1.54, 1.807) is 0 Å². The van der Waals surface area contributed by atoms with Gasteiger partial charge in [0, 0.05) is 3.57 Å². The molecule has 2 aromatic carbocycles. The van der Waals surface area contributed by atoms with Gasteiger partial charge in [0.1, 0.15) is 0 Å². The van der Waals surface area contributed by atoms with Gasteiger partial charge < -0.3 is 5.11 Å². The Balaban J connectivity index is 1.80. The highest BCUT2D eigenvalue weighted by atomic mass is 127. The summed E-state index contributed by atoms with van der Waals surface area (Å²) in [5.41, 5.74) is 3.69. The van der Waals surface area contributed by atoms with Gasteiger partial charge in [-0.2, -0.15) is 0 Å². The van der Waals surface area contributed by atoms with E-state index in [2.05, 4.69) is 65.9 Å². The maximum atomic E-state index is 10.6. The highest BCUT2D eigenvalue weighted by Crippen LogP contribution is 2.54. The number of halogens is 1. The van der Waals surface area contributed by atoms with Crippen molar-refractivity contribution in [3.05, 3.63) is 68.8 Å². The van der Waals surface area contributed by atoms with Crippen molar-refractivity contribution in [2.75, 3.05) is 0 Å². The molecule has 2 heteroatoms. The van der Waals surface area contributed by atoms with Crippen LogP contribution in [-0.2, 0) is 0 Å². The topological polar surface area (TPSA) is 20.2 Å². The average molecular weight is 364 g/mol. The second-order valence-corrected chi connectivity index (χ2v) is 6.42. The molecule has 1 aliphatic rings. The summed E-state index contributed by atoms with van der Waals surface area (Å²) in [5, 5.41) is 10.6. The van der Waals surface area contributed by atoms with E-state index in [1.807, 2.05) is 12.1 Å². The highest BCUT2D eigenvalue weighted by molar-refractivity contribution is 14.1. The Kier molecular flexibility index (Phi) is 3.63. The molecule has 1 aliphatic carbocycles. The largest absolute Gasteiger partial charge is 0.388 e. The summed E-state index contributed by atoms with van der Waals surface area (Å²) in [5.74, 6) is 0.894. The molecule has 0 spiro atoms. The molecular weight excluding hydrogens is 347 g/mol. The molecule has 0 aromatic heterocycles. The third kappa shape index (κ3) is 2.56. The first-order valence-electron chi connectivity index (χ1n) is 6.66. The van der Waals surface area contributed by atoms with Gasteiger partial charge in [-0.3, -0.25) is 0 Å². The molecule has 98 valence electrons. The molecule has 3 atom stereocenters. The Morgan fingerprint density at radius 1 is 1.11 bits per heavy atom. The molecule has 0 amide bonds. The zero-order chi connectivity index (χ0) is 13.4. The lowest BCUT2D eigenvalue weighted by atomic mass is 10.00. The normalized spacial score (nSPS) is 23.1. The van der Waals surface area contributed by atoms with E-state index >= 15 is 0 Å². The Bertz CT molecular complexity index is 579. The number of aryl methyl sites for hydroxylation is 1. The zero-order valence-corrected chi connectivity index (χ0v) is 13.0. The van der Waals surface area contributed by atoms with Crippen molar-refractivity contribution in [3.63, 3.8) is 0 Å². The van der Waals surface area contributed by atoms with Gasteiger partial charge in [-0.05, 0) is 64.5 Å². The van der Waals surface area contributed by atoms with Crippen molar-refractivity contribution >= 4 is 22.6 Å². The summed E-state index contributed by atoms with van der Waals surface area (Å²) >= 11 is 2.34. The number of rotatable bonds is 3. The second-order valence-electron chi connectivity index (χ2n) is 5.34. The lowest BCUT2D eigenvalue weighted by Gasteiger charge is -2.14. The Hall–Kier alpha value is -0.870. The Morgan fingerprint density at radius 3 is 2.58 bits per heavy atom. The minimum Gasteiger partial charge on any atom is -0.388 e. The predicted molar refractivity (Wildman–Crippen MR) is 86.1 cm³/mol. The van der Waals surface area contributed by atoms with Crippen molar-refractivity contribution in [2.45, 2.75) is 25.4 Å². The predicted octanol–water partition coefficient (Wildman–Crippen LogP) is 4.44. The number of aliphatic hydroxyl groups is 1. The van der Waals surface area contributed by atoms with Crippen LogP contribution in [0.4, 0.5) is 0 Å². The van der Waals surface area contributed by atoms with Crippen LogP contribution >= 0.6 is 22.6 Å². The maximum absolute atomic E-state index is 10.6. The fraction of sp³-hybridized carbons (Fsp3) is 0.294. The van der Waals surface area contributed by atoms with Crippen molar-refractivity contribution in [2.24, 2.45) is 5.92 Å². The molecule has 2 aromatic rings. The van der Waals surface area contributed by atoms with Crippen LogP contribution in [0.5, 0.6) is 0 Å². The Labute approximate surface area is 127 Å². The Morgan fingerprint density at radius 2 is 1.84 bits per heavy atom.